The normalized spacial score (nSPS) is 15.0. The lowest BCUT2D eigenvalue weighted by Crippen LogP contribution is -2.57. The molecule has 0 aliphatic heterocycles. The maximum absolute atomic E-state index is 11.5. The first-order valence-corrected chi connectivity index (χ1v) is 11.4. The van der Waals surface area contributed by atoms with Gasteiger partial charge in [-0.3, -0.25) is 9.69 Å². The lowest BCUT2D eigenvalue weighted by atomic mass is 10.0. The molecule has 0 aromatic heterocycles. The van der Waals surface area contributed by atoms with E-state index in [9.17, 15) is 9.90 Å². The van der Waals surface area contributed by atoms with Crippen molar-refractivity contribution in [3.63, 3.8) is 0 Å². The average Bonchev–Trinajstić information content (AvgIpc) is 2.60. The van der Waals surface area contributed by atoms with E-state index in [1.807, 2.05) is 11.8 Å². The molecule has 0 fully saturated rings. The Kier molecular flexibility index (Phi) is 17.0. The largest absolute Gasteiger partial charge is 0.480 e. The number of nitrogens with two attached hydrogens (primary N) is 2. The number of carbonyl (C=O) groups is 1. The molecule has 0 rings (SSSR count). The van der Waals surface area contributed by atoms with Crippen LogP contribution >= 0.6 is 0 Å². The topological polar surface area (TPSA) is 92.6 Å². The summed E-state index contributed by atoms with van der Waals surface area (Å²) in [5, 5.41) is 9.40. The summed E-state index contributed by atoms with van der Waals surface area (Å²) in [5.41, 5.74) is 11.8. The van der Waals surface area contributed by atoms with Crippen molar-refractivity contribution in [3.05, 3.63) is 0 Å². The standard InChI is InChI=1S/C22H47N3O2/c1-4-5-6-7-8-9-10-11-12-13-14-15-16-17-18-25(20(3)24)21(19(2)23)22(26)27/h19-21H,4-18,23-24H2,1-3H3,(H,26,27). The van der Waals surface area contributed by atoms with Gasteiger partial charge < -0.3 is 16.6 Å². The summed E-state index contributed by atoms with van der Waals surface area (Å²) in [6, 6.07) is -1.13. The molecule has 3 atom stereocenters. The maximum atomic E-state index is 11.5. The van der Waals surface area contributed by atoms with Crippen LogP contribution in [0.25, 0.3) is 0 Å². The van der Waals surface area contributed by atoms with Crippen LogP contribution in [-0.2, 0) is 4.79 Å². The molecule has 5 N–H and O–H groups in total. The number of aliphatic carboxylic acids is 1. The summed E-state index contributed by atoms with van der Waals surface area (Å²) in [5.74, 6) is -0.882. The molecule has 0 radical (unpaired) electrons. The zero-order valence-electron chi connectivity index (χ0n) is 18.3. The Bertz CT molecular complexity index is 348. The van der Waals surface area contributed by atoms with E-state index >= 15 is 0 Å². The van der Waals surface area contributed by atoms with Crippen LogP contribution in [0, 0.1) is 0 Å². The molecule has 0 amide bonds. The average molecular weight is 386 g/mol. The van der Waals surface area contributed by atoms with Crippen molar-refractivity contribution < 1.29 is 9.90 Å². The van der Waals surface area contributed by atoms with Crippen LogP contribution in [0.2, 0.25) is 0 Å². The molecular weight excluding hydrogens is 338 g/mol. The molecule has 3 unspecified atom stereocenters. The van der Waals surface area contributed by atoms with Crippen LogP contribution in [0.5, 0.6) is 0 Å². The summed E-state index contributed by atoms with van der Waals surface area (Å²) in [6.45, 7) is 6.54. The van der Waals surface area contributed by atoms with Crippen molar-refractivity contribution in [2.75, 3.05) is 6.54 Å². The molecule has 0 saturated carbocycles. The van der Waals surface area contributed by atoms with Crippen LogP contribution in [0.3, 0.4) is 0 Å². The monoisotopic (exact) mass is 385 g/mol. The third-order valence-electron chi connectivity index (χ3n) is 5.40. The summed E-state index contributed by atoms with van der Waals surface area (Å²) >= 11 is 0. The predicted molar refractivity (Wildman–Crippen MR) is 116 cm³/mol. The number of hydrogen-bond donors (Lipinski definition) is 3. The van der Waals surface area contributed by atoms with Gasteiger partial charge in [-0.15, -0.1) is 0 Å². The van der Waals surface area contributed by atoms with Gasteiger partial charge in [0.15, 0.2) is 0 Å². The Morgan fingerprint density at radius 3 is 1.44 bits per heavy atom. The van der Waals surface area contributed by atoms with E-state index in [0.717, 1.165) is 12.8 Å². The van der Waals surface area contributed by atoms with Crippen molar-refractivity contribution in [2.45, 2.75) is 129 Å². The molecule has 0 bridgehead atoms. The summed E-state index contributed by atoms with van der Waals surface area (Å²) in [6.07, 6.45) is 18.1. The Morgan fingerprint density at radius 2 is 1.15 bits per heavy atom. The van der Waals surface area contributed by atoms with E-state index < -0.39 is 18.1 Å². The van der Waals surface area contributed by atoms with E-state index in [1.165, 1.54) is 77.0 Å². The minimum Gasteiger partial charge on any atom is -0.480 e. The molecule has 162 valence electrons. The Morgan fingerprint density at radius 1 is 0.778 bits per heavy atom. The predicted octanol–water partition coefficient (Wildman–Crippen LogP) is 4.87. The first-order chi connectivity index (χ1) is 12.9. The molecule has 5 nitrogen and oxygen atoms in total. The Labute approximate surface area is 168 Å². The van der Waals surface area contributed by atoms with Crippen molar-refractivity contribution in [3.8, 4) is 0 Å². The number of nitrogens with zero attached hydrogens (tertiary/aromatic N) is 1. The van der Waals surface area contributed by atoms with Crippen LogP contribution in [-0.4, -0.2) is 40.8 Å². The van der Waals surface area contributed by atoms with Gasteiger partial charge in [0.05, 0.1) is 6.17 Å². The molecule has 0 aromatic carbocycles. The smallest absolute Gasteiger partial charge is 0.322 e. The second kappa shape index (κ2) is 17.4. The Balaban J connectivity index is 3.65. The zero-order valence-corrected chi connectivity index (χ0v) is 18.3. The fraction of sp³-hybridized carbons (Fsp3) is 0.955. The molecule has 27 heavy (non-hydrogen) atoms. The SMILES string of the molecule is CCCCCCCCCCCCCCCCN(C(C)N)C(C(=O)O)C(C)N. The lowest BCUT2D eigenvalue weighted by Gasteiger charge is -2.34. The van der Waals surface area contributed by atoms with Crippen molar-refractivity contribution >= 4 is 5.97 Å². The van der Waals surface area contributed by atoms with E-state index in [0.29, 0.717) is 6.54 Å². The first kappa shape index (κ1) is 26.4. The maximum Gasteiger partial charge on any atom is 0.322 e. The van der Waals surface area contributed by atoms with Gasteiger partial charge in [-0.1, -0.05) is 90.4 Å². The van der Waals surface area contributed by atoms with Crippen LogP contribution in [0.4, 0.5) is 0 Å². The molecule has 0 spiro atoms. The molecule has 5 heteroatoms. The quantitative estimate of drug-likeness (QED) is 0.218. The van der Waals surface area contributed by atoms with Gasteiger partial charge in [0.1, 0.15) is 6.04 Å². The fourth-order valence-corrected chi connectivity index (χ4v) is 3.75. The van der Waals surface area contributed by atoms with Crippen molar-refractivity contribution in [1.29, 1.82) is 0 Å². The number of hydrogen-bond acceptors (Lipinski definition) is 4. The van der Waals surface area contributed by atoms with Crippen LogP contribution in [0.15, 0.2) is 0 Å². The molecular formula is C22H47N3O2. The van der Waals surface area contributed by atoms with Gasteiger partial charge in [-0.25, -0.2) is 0 Å². The van der Waals surface area contributed by atoms with Gasteiger partial charge in [0.25, 0.3) is 0 Å². The van der Waals surface area contributed by atoms with E-state index in [2.05, 4.69) is 6.92 Å². The van der Waals surface area contributed by atoms with Gasteiger partial charge in [0, 0.05) is 12.6 Å². The zero-order chi connectivity index (χ0) is 20.5. The number of carboxylic acids is 1. The van der Waals surface area contributed by atoms with Crippen molar-refractivity contribution in [1.82, 2.24) is 4.90 Å². The van der Waals surface area contributed by atoms with E-state index in [4.69, 9.17) is 11.5 Å². The lowest BCUT2D eigenvalue weighted by molar-refractivity contribution is -0.145. The molecule has 0 saturated heterocycles. The second-order valence-electron chi connectivity index (χ2n) is 8.22. The molecule has 0 aliphatic rings. The van der Waals surface area contributed by atoms with Crippen LogP contribution < -0.4 is 11.5 Å². The highest BCUT2D eigenvalue weighted by Gasteiger charge is 2.30. The second-order valence-corrected chi connectivity index (χ2v) is 8.22. The van der Waals surface area contributed by atoms with E-state index in [1.54, 1.807) is 6.92 Å². The van der Waals surface area contributed by atoms with Crippen molar-refractivity contribution in [2.24, 2.45) is 11.5 Å². The summed E-state index contributed by atoms with van der Waals surface area (Å²) < 4.78 is 0. The third kappa shape index (κ3) is 14.1. The van der Waals surface area contributed by atoms with Gasteiger partial charge >= 0.3 is 5.97 Å². The Hall–Kier alpha value is -0.650. The molecule has 0 aromatic rings. The third-order valence-corrected chi connectivity index (χ3v) is 5.40. The highest BCUT2D eigenvalue weighted by molar-refractivity contribution is 5.74. The number of unbranched alkanes of at least 4 members (excludes halogenated alkanes) is 13. The van der Waals surface area contributed by atoms with Gasteiger partial charge in [0.2, 0.25) is 0 Å². The fourth-order valence-electron chi connectivity index (χ4n) is 3.75. The summed E-state index contributed by atoms with van der Waals surface area (Å²) in [7, 11) is 0. The van der Waals surface area contributed by atoms with Gasteiger partial charge in [-0.05, 0) is 20.3 Å². The molecule has 0 aliphatic carbocycles. The minimum atomic E-state index is -0.882. The summed E-state index contributed by atoms with van der Waals surface area (Å²) in [4.78, 5) is 13.3. The number of carboxylic acid groups (broad SMARTS) is 1. The first-order valence-electron chi connectivity index (χ1n) is 11.4. The van der Waals surface area contributed by atoms with Crippen LogP contribution in [0.1, 0.15) is 111 Å². The highest BCUT2D eigenvalue weighted by Crippen LogP contribution is 2.14. The minimum absolute atomic E-state index is 0.293. The number of rotatable bonds is 19. The van der Waals surface area contributed by atoms with E-state index in [-0.39, 0.29) is 6.17 Å². The molecule has 0 heterocycles. The highest BCUT2D eigenvalue weighted by atomic mass is 16.4. The van der Waals surface area contributed by atoms with Gasteiger partial charge in [-0.2, -0.15) is 0 Å².